The van der Waals surface area contributed by atoms with Gasteiger partial charge in [0, 0.05) is 12.6 Å². The Morgan fingerprint density at radius 2 is 2.11 bits per heavy atom. The summed E-state index contributed by atoms with van der Waals surface area (Å²) in [5.74, 6) is -0.754. The minimum absolute atomic E-state index is 0.0888. The van der Waals surface area contributed by atoms with Crippen LogP contribution in [0, 0.1) is 0 Å². The van der Waals surface area contributed by atoms with Crippen molar-refractivity contribution in [3.8, 4) is 5.88 Å². The topological polar surface area (TPSA) is 86.8 Å². The SMILES string of the molecule is O=C(CNC(=O)c1cnc(O[C@H]2CCOC2)c(Cl)c1)OCc1ccccc1. The van der Waals surface area contributed by atoms with Crippen LogP contribution < -0.4 is 10.1 Å². The van der Waals surface area contributed by atoms with E-state index in [4.69, 9.17) is 25.8 Å². The Morgan fingerprint density at radius 1 is 1.30 bits per heavy atom. The highest BCUT2D eigenvalue weighted by molar-refractivity contribution is 6.32. The molecule has 1 saturated heterocycles. The zero-order valence-corrected chi connectivity index (χ0v) is 15.3. The summed E-state index contributed by atoms with van der Waals surface area (Å²) in [6.07, 6.45) is 2.03. The van der Waals surface area contributed by atoms with Crippen molar-refractivity contribution >= 4 is 23.5 Å². The van der Waals surface area contributed by atoms with Gasteiger partial charge in [0.2, 0.25) is 5.88 Å². The van der Waals surface area contributed by atoms with Crippen molar-refractivity contribution in [2.75, 3.05) is 19.8 Å². The number of hydrogen-bond acceptors (Lipinski definition) is 6. The van der Waals surface area contributed by atoms with Gasteiger partial charge < -0.3 is 19.5 Å². The largest absolute Gasteiger partial charge is 0.471 e. The molecule has 0 aliphatic carbocycles. The number of hydrogen-bond donors (Lipinski definition) is 1. The van der Waals surface area contributed by atoms with E-state index < -0.39 is 11.9 Å². The van der Waals surface area contributed by atoms with Crippen molar-refractivity contribution < 1.29 is 23.8 Å². The summed E-state index contributed by atoms with van der Waals surface area (Å²) >= 11 is 6.13. The van der Waals surface area contributed by atoms with Crippen molar-refractivity contribution in [1.82, 2.24) is 10.3 Å². The number of pyridine rings is 1. The highest BCUT2D eigenvalue weighted by Crippen LogP contribution is 2.25. The fourth-order valence-electron chi connectivity index (χ4n) is 2.44. The Morgan fingerprint density at radius 3 is 2.81 bits per heavy atom. The van der Waals surface area contributed by atoms with Crippen molar-refractivity contribution in [2.24, 2.45) is 0 Å². The zero-order valence-electron chi connectivity index (χ0n) is 14.5. The molecule has 27 heavy (non-hydrogen) atoms. The Balaban J connectivity index is 1.47. The number of rotatable bonds is 7. The van der Waals surface area contributed by atoms with Crippen molar-refractivity contribution in [3.63, 3.8) is 0 Å². The third-order valence-corrected chi connectivity index (χ3v) is 4.14. The highest BCUT2D eigenvalue weighted by Gasteiger charge is 2.20. The van der Waals surface area contributed by atoms with Gasteiger partial charge in [-0.3, -0.25) is 9.59 Å². The summed E-state index contributed by atoms with van der Waals surface area (Å²) in [5, 5.41) is 2.71. The van der Waals surface area contributed by atoms with Gasteiger partial charge in [0.1, 0.15) is 24.3 Å². The fourth-order valence-corrected chi connectivity index (χ4v) is 2.65. The number of esters is 1. The van der Waals surface area contributed by atoms with Gasteiger partial charge in [0.05, 0.1) is 18.8 Å². The number of nitrogens with zero attached hydrogens (tertiary/aromatic N) is 1. The summed E-state index contributed by atoms with van der Waals surface area (Å²) < 4.78 is 16.0. The van der Waals surface area contributed by atoms with E-state index in [1.54, 1.807) is 0 Å². The number of carbonyl (C=O) groups is 2. The first-order valence-electron chi connectivity index (χ1n) is 8.49. The van der Waals surface area contributed by atoms with Gasteiger partial charge in [-0.25, -0.2) is 4.98 Å². The molecule has 8 heteroatoms. The van der Waals surface area contributed by atoms with E-state index in [9.17, 15) is 9.59 Å². The summed E-state index contributed by atoms with van der Waals surface area (Å²) in [6, 6.07) is 10.7. The molecule has 2 heterocycles. The van der Waals surface area contributed by atoms with E-state index in [1.807, 2.05) is 30.3 Å². The molecule has 3 rings (SSSR count). The van der Waals surface area contributed by atoms with E-state index in [0.29, 0.717) is 13.2 Å². The number of carbonyl (C=O) groups excluding carboxylic acids is 2. The number of nitrogens with one attached hydrogen (secondary N) is 1. The summed E-state index contributed by atoms with van der Waals surface area (Å²) in [5.41, 5.74) is 1.10. The minimum Gasteiger partial charge on any atom is -0.471 e. The normalized spacial score (nSPS) is 16.0. The van der Waals surface area contributed by atoms with E-state index >= 15 is 0 Å². The molecule has 1 amide bonds. The maximum Gasteiger partial charge on any atom is 0.325 e. The molecule has 1 aromatic heterocycles. The van der Waals surface area contributed by atoms with Crippen LogP contribution in [0.1, 0.15) is 22.3 Å². The molecule has 0 unspecified atom stereocenters. The lowest BCUT2D eigenvalue weighted by Crippen LogP contribution is -2.30. The molecule has 1 atom stereocenters. The first-order chi connectivity index (χ1) is 13.1. The lowest BCUT2D eigenvalue weighted by molar-refractivity contribution is -0.143. The van der Waals surface area contributed by atoms with E-state index in [-0.39, 0.29) is 35.7 Å². The Labute approximate surface area is 161 Å². The maximum absolute atomic E-state index is 12.2. The highest BCUT2D eigenvalue weighted by atomic mass is 35.5. The number of benzene rings is 1. The molecule has 0 spiro atoms. The molecule has 0 saturated carbocycles. The number of halogens is 1. The van der Waals surface area contributed by atoms with E-state index in [2.05, 4.69) is 10.3 Å². The molecule has 0 radical (unpaired) electrons. The van der Waals surface area contributed by atoms with E-state index in [1.165, 1.54) is 12.3 Å². The molecule has 1 aliphatic heterocycles. The molecule has 0 bridgehead atoms. The van der Waals surface area contributed by atoms with Gasteiger partial charge in [0.15, 0.2) is 0 Å². The first-order valence-corrected chi connectivity index (χ1v) is 8.87. The van der Waals surface area contributed by atoms with Gasteiger partial charge in [-0.1, -0.05) is 41.9 Å². The lowest BCUT2D eigenvalue weighted by Gasteiger charge is -2.12. The van der Waals surface area contributed by atoms with Crippen molar-refractivity contribution in [3.05, 3.63) is 58.7 Å². The van der Waals surface area contributed by atoms with Gasteiger partial charge in [-0.05, 0) is 11.6 Å². The first kappa shape index (κ1) is 19.1. The van der Waals surface area contributed by atoms with Crippen LogP contribution in [0.2, 0.25) is 5.02 Å². The molecule has 2 aromatic rings. The molecule has 1 aliphatic rings. The maximum atomic E-state index is 12.2. The molecule has 142 valence electrons. The molecular formula is C19H19ClN2O5. The van der Waals surface area contributed by atoms with Crippen molar-refractivity contribution in [2.45, 2.75) is 19.1 Å². The molecule has 1 N–H and O–H groups in total. The van der Waals surface area contributed by atoms with Crippen LogP contribution in [0.25, 0.3) is 0 Å². The van der Waals surface area contributed by atoms with Crippen LogP contribution >= 0.6 is 11.6 Å². The average molecular weight is 391 g/mol. The minimum atomic E-state index is -0.535. The summed E-state index contributed by atoms with van der Waals surface area (Å²) in [7, 11) is 0. The second kappa shape index (κ2) is 9.34. The van der Waals surface area contributed by atoms with Crippen LogP contribution in [-0.4, -0.2) is 42.7 Å². The molecule has 7 nitrogen and oxygen atoms in total. The Hall–Kier alpha value is -2.64. The Bertz CT molecular complexity index is 794. The second-order valence-corrected chi connectivity index (χ2v) is 6.35. The van der Waals surface area contributed by atoms with Crippen LogP contribution in [0.3, 0.4) is 0 Å². The predicted molar refractivity (Wildman–Crippen MR) is 97.7 cm³/mol. The number of ether oxygens (including phenoxy) is 3. The third kappa shape index (κ3) is 5.67. The standard InChI is InChI=1S/C19H19ClN2O5/c20-16-8-14(9-22-19(16)27-15-6-7-25-12-15)18(24)21-10-17(23)26-11-13-4-2-1-3-5-13/h1-5,8-9,15H,6-7,10-12H2,(H,21,24)/t15-/m0/s1. The average Bonchev–Trinajstić information content (AvgIpc) is 3.20. The van der Waals surface area contributed by atoms with Crippen LogP contribution in [0.15, 0.2) is 42.6 Å². The van der Waals surface area contributed by atoms with Crippen LogP contribution in [-0.2, 0) is 20.9 Å². The molecule has 1 fully saturated rings. The zero-order chi connectivity index (χ0) is 19.1. The molecular weight excluding hydrogens is 372 g/mol. The molecule has 1 aromatic carbocycles. The number of amides is 1. The third-order valence-electron chi connectivity index (χ3n) is 3.87. The predicted octanol–water partition coefficient (Wildman–Crippen LogP) is 2.38. The quantitative estimate of drug-likeness (QED) is 0.730. The van der Waals surface area contributed by atoms with Gasteiger partial charge in [-0.2, -0.15) is 0 Å². The lowest BCUT2D eigenvalue weighted by atomic mass is 10.2. The van der Waals surface area contributed by atoms with Gasteiger partial charge in [-0.15, -0.1) is 0 Å². The number of aromatic nitrogens is 1. The van der Waals surface area contributed by atoms with Crippen LogP contribution in [0.4, 0.5) is 0 Å². The monoisotopic (exact) mass is 390 g/mol. The van der Waals surface area contributed by atoms with Gasteiger partial charge >= 0.3 is 5.97 Å². The second-order valence-electron chi connectivity index (χ2n) is 5.94. The Kier molecular flexibility index (Phi) is 6.62. The summed E-state index contributed by atoms with van der Waals surface area (Å²) in [4.78, 5) is 28.0. The smallest absolute Gasteiger partial charge is 0.325 e. The van der Waals surface area contributed by atoms with Gasteiger partial charge in [0.25, 0.3) is 5.91 Å². The van der Waals surface area contributed by atoms with Crippen molar-refractivity contribution in [1.29, 1.82) is 0 Å². The van der Waals surface area contributed by atoms with Crippen LogP contribution in [0.5, 0.6) is 5.88 Å². The van der Waals surface area contributed by atoms with E-state index in [0.717, 1.165) is 12.0 Å². The summed E-state index contributed by atoms with van der Waals surface area (Å²) in [6.45, 7) is 1.04. The fraction of sp³-hybridized carbons (Fsp3) is 0.316.